The number of nitrogens with zero attached hydrogens (tertiary/aromatic N) is 2. The van der Waals surface area contributed by atoms with Crippen molar-refractivity contribution < 1.29 is 8.42 Å². The monoisotopic (exact) mass is 304 g/mol. The Morgan fingerprint density at radius 3 is 2.71 bits per heavy atom. The van der Waals surface area contributed by atoms with Crippen molar-refractivity contribution in [2.45, 2.75) is 50.0 Å². The normalized spacial score (nSPS) is 26.3. The Morgan fingerprint density at radius 2 is 2.00 bits per heavy atom. The second-order valence-corrected chi connectivity index (χ2v) is 8.00. The largest absolute Gasteiger partial charge is 0.243 e. The minimum atomic E-state index is -3.43. The van der Waals surface area contributed by atoms with Crippen LogP contribution in [0.5, 0.6) is 0 Å². The van der Waals surface area contributed by atoms with E-state index in [0.717, 1.165) is 31.2 Å². The molecule has 2 unspecified atom stereocenters. The molecular formula is C16H20N2O2S. The SMILES string of the molecule is Cc1cc(S(=O)(=O)N2CCC3CCCCC32)ccc1C#N. The molecule has 1 saturated carbocycles. The van der Waals surface area contributed by atoms with E-state index in [-0.39, 0.29) is 6.04 Å². The van der Waals surface area contributed by atoms with Crippen LogP contribution < -0.4 is 0 Å². The van der Waals surface area contributed by atoms with Crippen molar-refractivity contribution in [1.29, 1.82) is 5.26 Å². The van der Waals surface area contributed by atoms with Gasteiger partial charge >= 0.3 is 0 Å². The molecule has 2 fully saturated rings. The third-order valence-corrected chi connectivity index (χ3v) is 6.80. The molecule has 0 aromatic heterocycles. The second-order valence-electron chi connectivity index (χ2n) is 6.10. The fourth-order valence-electron chi connectivity index (χ4n) is 3.72. The van der Waals surface area contributed by atoms with Gasteiger partial charge in [0.25, 0.3) is 0 Å². The number of fused-ring (bicyclic) bond motifs is 1. The van der Waals surface area contributed by atoms with Crippen LogP contribution in [0.1, 0.15) is 43.2 Å². The molecule has 112 valence electrons. The highest BCUT2D eigenvalue weighted by Gasteiger charge is 2.42. The van der Waals surface area contributed by atoms with Gasteiger partial charge in [-0.05, 0) is 55.9 Å². The maximum Gasteiger partial charge on any atom is 0.243 e. The summed E-state index contributed by atoms with van der Waals surface area (Å²) in [7, 11) is -3.43. The quantitative estimate of drug-likeness (QED) is 0.844. The van der Waals surface area contributed by atoms with Gasteiger partial charge in [0.05, 0.1) is 16.5 Å². The molecule has 0 bridgehead atoms. The van der Waals surface area contributed by atoms with E-state index in [0.29, 0.717) is 22.9 Å². The van der Waals surface area contributed by atoms with Crippen molar-refractivity contribution in [1.82, 2.24) is 4.31 Å². The zero-order chi connectivity index (χ0) is 15.0. The van der Waals surface area contributed by atoms with Gasteiger partial charge in [-0.15, -0.1) is 0 Å². The van der Waals surface area contributed by atoms with E-state index in [1.54, 1.807) is 29.4 Å². The van der Waals surface area contributed by atoms with Crippen LogP contribution in [0.15, 0.2) is 23.1 Å². The van der Waals surface area contributed by atoms with Crippen LogP contribution in [-0.4, -0.2) is 25.3 Å². The van der Waals surface area contributed by atoms with Gasteiger partial charge in [-0.3, -0.25) is 0 Å². The Kier molecular flexibility index (Phi) is 3.76. The topological polar surface area (TPSA) is 61.2 Å². The molecule has 1 aromatic carbocycles. The number of hydrogen-bond donors (Lipinski definition) is 0. The van der Waals surface area contributed by atoms with Crippen LogP contribution in [0.4, 0.5) is 0 Å². The fraction of sp³-hybridized carbons (Fsp3) is 0.562. The number of sulfonamides is 1. The third kappa shape index (κ3) is 2.47. The van der Waals surface area contributed by atoms with Crippen molar-refractivity contribution in [3.8, 4) is 6.07 Å². The number of rotatable bonds is 2. The summed E-state index contributed by atoms with van der Waals surface area (Å²) in [4.78, 5) is 0.324. The molecule has 0 spiro atoms. The maximum absolute atomic E-state index is 12.9. The summed E-state index contributed by atoms with van der Waals surface area (Å²) in [6, 6.07) is 7.06. The van der Waals surface area contributed by atoms with E-state index in [1.165, 1.54) is 6.42 Å². The van der Waals surface area contributed by atoms with Crippen molar-refractivity contribution in [2.24, 2.45) is 5.92 Å². The molecule has 1 aliphatic heterocycles. The Morgan fingerprint density at radius 1 is 1.24 bits per heavy atom. The van der Waals surface area contributed by atoms with Gasteiger partial charge in [0.15, 0.2) is 0 Å². The summed E-state index contributed by atoms with van der Waals surface area (Å²) in [5.41, 5.74) is 1.25. The van der Waals surface area contributed by atoms with Gasteiger partial charge in [-0.2, -0.15) is 9.57 Å². The van der Waals surface area contributed by atoms with Crippen LogP contribution in [-0.2, 0) is 10.0 Å². The Bertz CT molecular complexity index is 691. The maximum atomic E-state index is 12.9. The lowest BCUT2D eigenvalue weighted by Gasteiger charge is -2.31. The standard InChI is InChI=1S/C16H20N2O2S/c1-12-10-15(7-6-14(12)11-17)21(19,20)18-9-8-13-4-2-3-5-16(13)18/h6-7,10,13,16H,2-5,8-9H2,1H3. The summed E-state index contributed by atoms with van der Waals surface area (Å²) >= 11 is 0. The van der Waals surface area contributed by atoms with Crippen LogP contribution in [0.3, 0.4) is 0 Å². The highest BCUT2D eigenvalue weighted by Crippen LogP contribution is 2.39. The minimum Gasteiger partial charge on any atom is -0.207 e. The molecular weight excluding hydrogens is 284 g/mol. The molecule has 2 atom stereocenters. The zero-order valence-electron chi connectivity index (χ0n) is 12.2. The fourth-order valence-corrected chi connectivity index (χ4v) is 5.54. The van der Waals surface area contributed by atoms with E-state index >= 15 is 0 Å². The van der Waals surface area contributed by atoms with E-state index in [1.807, 2.05) is 0 Å². The van der Waals surface area contributed by atoms with Crippen molar-refractivity contribution in [3.05, 3.63) is 29.3 Å². The van der Waals surface area contributed by atoms with E-state index < -0.39 is 10.0 Å². The van der Waals surface area contributed by atoms with Crippen LogP contribution in [0.25, 0.3) is 0 Å². The lowest BCUT2D eigenvalue weighted by atomic mass is 9.86. The van der Waals surface area contributed by atoms with Gasteiger partial charge in [0.2, 0.25) is 10.0 Å². The predicted molar refractivity (Wildman–Crippen MR) is 80.1 cm³/mol. The number of benzene rings is 1. The average molecular weight is 304 g/mol. The van der Waals surface area contributed by atoms with E-state index in [2.05, 4.69) is 6.07 Å². The summed E-state index contributed by atoms with van der Waals surface area (Å²) in [5, 5.41) is 8.97. The van der Waals surface area contributed by atoms with Gasteiger partial charge in [0.1, 0.15) is 0 Å². The van der Waals surface area contributed by atoms with Crippen LogP contribution in [0, 0.1) is 24.2 Å². The molecule has 1 aliphatic carbocycles. The first-order valence-corrected chi connectivity index (χ1v) is 9.00. The Hall–Kier alpha value is -1.38. The zero-order valence-corrected chi connectivity index (χ0v) is 13.1. The molecule has 2 aliphatic rings. The van der Waals surface area contributed by atoms with E-state index in [4.69, 9.17) is 5.26 Å². The molecule has 0 amide bonds. The van der Waals surface area contributed by atoms with Crippen molar-refractivity contribution in [2.75, 3.05) is 6.54 Å². The smallest absolute Gasteiger partial charge is 0.207 e. The first-order valence-electron chi connectivity index (χ1n) is 7.56. The molecule has 3 rings (SSSR count). The Labute approximate surface area is 126 Å². The summed E-state index contributed by atoms with van der Waals surface area (Å²) in [6.07, 6.45) is 5.48. The van der Waals surface area contributed by atoms with Gasteiger partial charge in [-0.1, -0.05) is 12.8 Å². The highest BCUT2D eigenvalue weighted by atomic mass is 32.2. The third-order valence-electron chi connectivity index (χ3n) is 4.88. The lowest BCUT2D eigenvalue weighted by Crippen LogP contribution is -2.39. The molecule has 4 nitrogen and oxygen atoms in total. The van der Waals surface area contributed by atoms with Gasteiger partial charge < -0.3 is 0 Å². The van der Waals surface area contributed by atoms with E-state index in [9.17, 15) is 8.42 Å². The van der Waals surface area contributed by atoms with Gasteiger partial charge in [-0.25, -0.2) is 8.42 Å². The molecule has 21 heavy (non-hydrogen) atoms. The summed E-state index contributed by atoms with van der Waals surface area (Å²) in [5.74, 6) is 0.535. The minimum absolute atomic E-state index is 0.180. The van der Waals surface area contributed by atoms with Crippen molar-refractivity contribution >= 4 is 10.0 Å². The molecule has 0 N–H and O–H groups in total. The second kappa shape index (κ2) is 5.43. The molecule has 5 heteroatoms. The highest BCUT2D eigenvalue weighted by molar-refractivity contribution is 7.89. The summed E-state index contributed by atoms with van der Waals surface area (Å²) in [6.45, 7) is 2.42. The first kappa shape index (κ1) is 14.6. The molecule has 1 saturated heterocycles. The van der Waals surface area contributed by atoms with Crippen LogP contribution in [0.2, 0.25) is 0 Å². The number of aryl methyl sites for hydroxylation is 1. The van der Waals surface area contributed by atoms with Crippen LogP contribution >= 0.6 is 0 Å². The number of hydrogen-bond acceptors (Lipinski definition) is 3. The summed E-state index contributed by atoms with van der Waals surface area (Å²) < 4.78 is 27.5. The Balaban J connectivity index is 1.94. The molecule has 1 aromatic rings. The first-order chi connectivity index (χ1) is 10.0. The predicted octanol–water partition coefficient (Wildman–Crippen LogP) is 2.82. The van der Waals surface area contributed by atoms with Crippen molar-refractivity contribution in [3.63, 3.8) is 0 Å². The molecule has 0 radical (unpaired) electrons. The molecule has 1 heterocycles. The van der Waals surface area contributed by atoms with Gasteiger partial charge in [0, 0.05) is 12.6 Å². The lowest BCUT2D eigenvalue weighted by molar-refractivity contribution is 0.260. The average Bonchev–Trinajstić information content (AvgIpc) is 2.91. The number of nitriles is 1.